The van der Waals surface area contributed by atoms with Gasteiger partial charge in [0.25, 0.3) is 0 Å². The smallest absolute Gasteiger partial charge is 0.303 e. The average Bonchev–Trinajstić information content (AvgIpc) is 2.85. The fourth-order valence-corrected chi connectivity index (χ4v) is 2.49. The number of rotatable bonds is 7. The first-order valence-electron chi connectivity index (χ1n) is 6.82. The van der Waals surface area contributed by atoms with Gasteiger partial charge in [-0.3, -0.25) is 4.79 Å². The predicted octanol–water partition coefficient (Wildman–Crippen LogP) is 3.55. The van der Waals surface area contributed by atoms with E-state index in [1.54, 1.807) is 0 Å². The Balaban J connectivity index is 2.17. The van der Waals surface area contributed by atoms with Crippen LogP contribution >= 0.6 is 0 Å². The normalized spacial score (nSPS) is 14.4. The molecule has 1 heterocycles. The fourth-order valence-electron chi connectivity index (χ4n) is 2.49. The van der Waals surface area contributed by atoms with Crippen LogP contribution in [0, 0.1) is 0 Å². The number of hydrogen-bond donors (Lipinski definition) is 1. The molecule has 2 rings (SSSR count). The first-order valence-corrected chi connectivity index (χ1v) is 6.82. The highest BCUT2D eigenvalue weighted by atomic mass is 16.7. The molecule has 0 fully saturated rings. The predicted molar refractivity (Wildman–Crippen MR) is 71.7 cm³/mol. The lowest BCUT2D eigenvalue weighted by molar-refractivity contribution is -0.137. The molecule has 0 aromatic heterocycles. The molecule has 0 amide bonds. The highest BCUT2D eigenvalue weighted by Crippen LogP contribution is 2.41. The van der Waals surface area contributed by atoms with Crippen LogP contribution in [0.25, 0.3) is 0 Å². The number of benzene rings is 1. The van der Waals surface area contributed by atoms with Crippen molar-refractivity contribution in [1.29, 1.82) is 0 Å². The fraction of sp³-hybridized carbons (Fsp3) is 0.533. The number of carboxylic acid groups (broad SMARTS) is 1. The molecule has 1 atom stereocenters. The van der Waals surface area contributed by atoms with Gasteiger partial charge in [-0.25, -0.2) is 0 Å². The Morgan fingerprint density at radius 1 is 1.37 bits per heavy atom. The molecular weight excluding hydrogens is 244 g/mol. The standard InChI is InChI=1S/C15H20O4/c1-2-3-4-6-11(9-14(16)17)12-7-5-8-13-15(12)19-10-18-13/h5,7-8,11H,2-4,6,9-10H2,1H3,(H,16,17)/t11-/m1/s1. The van der Waals surface area contributed by atoms with Crippen molar-refractivity contribution in [2.75, 3.05) is 6.79 Å². The molecule has 1 N–H and O–H groups in total. The SMILES string of the molecule is CCCCC[C@H](CC(=O)O)c1cccc2c1OCO2. The van der Waals surface area contributed by atoms with Crippen molar-refractivity contribution in [3.63, 3.8) is 0 Å². The van der Waals surface area contributed by atoms with Gasteiger partial charge in [-0.05, 0) is 18.4 Å². The summed E-state index contributed by atoms with van der Waals surface area (Å²) in [4.78, 5) is 11.0. The quantitative estimate of drug-likeness (QED) is 0.765. The Bertz CT molecular complexity index is 442. The molecule has 1 aromatic rings. The molecule has 0 aliphatic carbocycles. The van der Waals surface area contributed by atoms with Gasteiger partial charge in [-0.1, -0.05) is 38.3 Å². The Hall–Kier alpha value is -1.71. The number of para-hydroxylation sites is 1. The summed E-state index contributed by atoms with van der Waals surface area (Å²) in [5.74, 6) is 0.687. The van der Waals surface area contributed by atoms with Crippen LogP contribution < -0.4 is 9.47 Å². The highest BCUT2D eigenvalue weighted by molar-refractivity contribution is 5.68. The van der Waals surface area contributed by atoms with Crippen LogP contribution in [0.5, 0.6) is 11.5 Å². The number of unbranched alkanes of at least 4 members (excludes halogenated alkanes) is 2. The van der Waals surface area contributed by atoms with E-state index in [0.29, 0.717) is 0 Å². The monoisotopic (exact) mass is 264 g/mol. The van der Waals surface area contributed by atoms with Gasteiger partial charge in [0.1, 0.15) is 0 Å². The molecule has 0 unspecified atom stereocenters. The maximum Gasteiger partial charge on any atom is 0.303 e. The van der Waals surface area contributed by atoms with E-state index in [1.165, 1.54) is 0 Å². The van der Waals surface area contributed by atoms with Crippen LogP contribution in [0.3, 0.4) is 0 Å². The molecule has 0 saturated carbocycles. The summed E-state index contributed by atoms with van der Waals surface area (Å²) in [5.41, 5.74) is 0.966. The van der Waals surface area contributed by atoms with Crippen molar-refractivity contribution in [2.45, 2.75) is 44.9 Å². The first-order chi connectivity index (χ1) is 9.22. The zero-order valence-electron chi connectivity index (χ0n) is 11.2. The van der Waals surface area contributed by atoms with Crippen molar-refractivity contribution < 1.29 is 19.4 Å². The van der Waals surface area contributed by atoms with Crippen molar-refractivity contribution in [3.05, 3.63) is 23.8 Å². The third-order valence-corrected chi connectivity index (χ3v) is 3.44. The number of carbonyl (C=O) groups is 1. The molecule has 4 nitrogen and oxygen atoms in total. The summed E-state index contributed by atoms with van der Waals surface area (Å²) in [7, 11) is 0. The summed E-state index contributed by atoms with van der Waals surface area (Å²) in [5, 5.41) is 9.08. The van der Waals surface area contributed by atoms with Crippen LogP contribution in [-0.4, -0.2) is 17.9 Å². The zero-order valence-corrected chi connectivity index (χ0v) is 11.2. The van der Waals surface area contributed by atoms with E-state index in [1.807, 2.05) is 18.2 Å². The van der Waals surface area contributed by atoms with Gasteiger partial charge in [0.15, 0.2) is 11.5 Å². The highest BCUT2D eigenvalue weighted by Gasteiger charge is 2.24. The van der Waals surface area contributed by atoms with Gasteiger partial charge in [0.2, 0.25) is 6.79 Å². The third-order valence-electron chi connectivity index (χ3n) is 3.44. The summed E-state index contributed by atoms with van der Waals surface area (Å²) in [6.07, 6.45) is 4.32. The number of aliphatic carboxylic acids is 1. The number of hydrogen-bond acceptors (Lipinski definition) is 3. The first kappa shape index (κ1) is 13.7. The van der Waals surface area contributed by atoms with Crippen LogP contribution in [0.15, 0.2) is 18.2 Å². The molecule has 0 radical (unpaired) electrons. The summed E-state index contributed by atoms with van der Waals surface area (Å²) in [6, 6.07) is 5.71. The Morgan fingerprint density at radius 3 is 2.95 bits per heavy atom. The van der Waals surface area contributed by atoms with Crippen LogP contribution in [-0.2, 0) is 4.79 Å². The lowest BCUT2D eigenvalue weighted by Crippen LogP contribution is -2.07. The Kier molecular flexibility index (Phi) is 4.66. The van der Waals surface area contributed by atoms with Crippen LogP contribution in [0.1, 0.15) is 50.5 Å². The Morgan fingerprint density at radius 2 is 2.21 bits per heavy atom. The van der Waals surface area contributed by atoms with Crippen LogP contribution in [0.4, 0.5) is 0 Å². The van der Waals surface area contributed by atoms with Crippen molar-refractivity contribution in [3.8, 4) is 11.5 Å². The number of carboxylic acids is 1. The van der Waals surface area contributed by atoms with Gasteiger partial charge in [-0.15, -0.1) is 0 Å². The van der Waals surface area contributed by atoms with E-state index in [2.05, 4.69) is 6.92 Å². The lowest BCUT2D eigenvalue weighted by Gasteiger charge is -2.17. The van der Waals surface area contributed by atoms with Gasteiger partial charge < -0.3 is 14.6 Å². The topological polar surface area (TPSA) is 55.8 Å². The molecule has 1 aliphatic heterocycles. The van der Waals surface area contributed by atoms with E-state index < -0.39 is 5.97 Å². The molecule has 0 bridgehead atoms. The second-order valence-electron chi connectivity index (χ2n) is 4.87. The second kappa shape index (κ2) is 6.45. The van der Waals surface area contributed by atoms with E-state index in [-0.39, 0.29) is 19.1 Å². The minimum Gasteiger partial charge on any atom is -0.481 e. The molecule has 1 aromatic carbocycles. The van der Waals surface area contributed by atoms with Crippen molar-refractivity contribution >= 4 is 5.97 Å². The van der Waals surface area contributed by atoms with E-state index >= 15 is 0 Å². The molecule has 1 aliphatic rings. The van der Waals surface area contributed by atoms with Gasteiger partial charge >= 0.3 is 5.97 Å². The van der Waals surface area contributed by atoms with Crippen LogP contribution in [0.2, 0.25) is 0 Å². The largest absolute Gasteiger partial charge is 0.481 e. The van der Waals surface area contributed by atoms with Gasteiger partial charge in [0.05, 0.1) is 6.42 Å². The van der Waals surface area contributed by atoms with Gasteiger partial charge in [-0.2, -0.15) is 0 Å². The molecule has 0 saturated heterocycles. The molecular formula is C15H20O4. The maximum absolute atomic E-state index is 11.0. The van der Waals surface area contributed by atoms with E-state index in [9.17, 15) is 4.79 Å². The van der Waals surface area contributed by atoms with Gasteiger partial charge in [0, 0.05) is 5.56 Å². The number of fused-ring (bicyclic) bond motifs is 1. The minimum atomic E-state index is -0.766. The number of ether oxygens (including phenoxy) is 2. The molecule has 19 heavy (non-hydrogen) atoms. The lowest BCUT2D eigenvalue weighted by atomic mass is 9.89. The maximum atomic E-state index is 11.0. The summed E-state index contributed by atoms with van der Waals surface area (Å²) in [6.45, 7) is 2.37. The van der Waals surface area contributed by atoms with E-state index in [0.717, 1.165) is 42.7 Å². The van der Waals surface area contributed by atoms with Crippen molar-refractivity contribution in [2.24, 2.45) is 0 Å². The molecule has 0 spiro atoms. The summed E-state index contributed by atoms with van der Waals surface area (Å²) >= 11 is 0. The molecule has 4 heteroatoms. The summed E-state index contributed by atoms with van der Waals surface area (Å²) < 4.78 is 10.8. The van der Waals surface area contributed by atoms with Crippen molar-refractivity contribution in [1.82, 2.24) is 0 Å². The molecule has 104 valence electrons. The van der Waals surface area contributed by atoms with E-state index in [4.69, 9.17) is 14.6 Å². The second-order valence-corrected chi connectivity index (χ2v) is 4.87. The third kappa shape index (κ3) is 3.40. The minimum absolute atomic E-state index is 0.000648. The zero-order chi connectivity index (χ0) is 13.7. The average molecular weight is 264 g/mol. The Labute approximate surface area is 113 Å².